The number of allylic oxidation sites excluding steroid dienone is 1. The quantitative estimate of drug-likeness (QED) is 0.664. The molecule has 5 nitrogen and oxygen atoms in total. The molecule has 122 valence electrons. The lowest BCUT2D eigenvalue weighted by Crippen LogP contribution is -2.30. The van der Waals surface area contributed by atoms with Crippen LogP contribution in [0.25, 0.3) is 6.08 Å². The first-order chi connectivity index (χ1) is 9.99. The standard InChI is InChI=1S/C16H22N2O3.ClH/c1-4-6-8-15(19)21-18(3)16(20)14-10-9-13(17)11-12(14)7-5-2;/h5,7,9-11H,4,6,8,17H2,1-3H3;1H/b7-5+;. The number of hydrogen-bond acceptors (Lipinski definition) is 4. The summed E-state index contributed by atoms with van der Waals surface area (Å²) < 4.78 is 0. The van der Waals surface area contributed by atoms with Crippen molar-refractivity contribution in [1.82, 2.24) is 5.06 Å². The Morgan fingerprint density at radius 2 is 2.05 bits per heavy atom. The number of anilines is 1. The van der Waals surface area contributed by atoms with Gasteiger partial charge in [0.2, 0.25) is 0 Å². The van der Waals surface area contributed by atoms with E-state index in [2.05, 4.69) is 0 Å². The number of amides is 1. The Morgan fingerprint density at radius 3 is 2.64 bits per heavy atom. The van der Waals surface area contributed by atoms with Crippen LogP contribution in [-0.4, -0.2) is 24.0 Å². The summed E-state index contributed by atoms with van der Waals surface area (Å²) in [6.07, 6.45) is 5.55. The SMILES string of the molecule is C/C=C/c1cc(N)ccc1C(=O)N(C)OC(=O)CCCC.Cl. The van der Waals surface area contributed by atoms with E-state index in [4.69, 9.17) is 10.6 Å². The molecule has 2 N–H and O–H groups in total. The third kappa shape index (κ3) is 5.77. The molecule has 0 spiro atoms. The molecule has 1 amide bonds. The van der Waals surface area contributed by atoms with Crippen molar-refractivity contribution in [3.8, 4) is 0 Å². The average Bonchev–Trinajstić information content (AvgIpc) is 2.45. The van der Waals surface area contributed by atoms with E-state index >= 15 is 0 Å². The number of hydrogen-bond donors (Lipinski definition) is 1. The Kier molecular flexibility index (Phi) is 8.94. The van der Waals surface area contributed by atoms with Crippen LogP contribution in [0.4, 0.5) is 5.69 Å². The highest BCUT2D eigenvalue weighted by atomic mass is 35.5. The predicted molar refractivity (Wildman–Crippen MR) is 90.5 cm³/mol. The lowest BCUT2D eigenvalue weighted by Gasteiger charge is -2.17. The van der Waals surface area contributed by atoms with Crippen molar-refractivity contribution in [3.05, 3.63) is 35.4 Å². The summed E-state index contributed by atoms with van der Waals surface area (Å²) in [5.74, 6) is -0.788. The fourth-order valence-electron chi connectivity index (χ4n) is 1.82. The Bertz CT molecular complexity index is 544. The lowest BCUT2D eigenvalue weighted by molar-refractivity contribution is -0.173. The van der Waals surface area contributed by atoms with Crippen molar-refractivity contribution >= 4 is 36.0 Å². The van der Waals surface area contributed by atoms with Gasteiger partial charge in [-0.15, -0.1) is 12.4 Å². The first-order valence-electron chi connectivity index (χ1n) is 7.00. The number of halogens is 1. The fraction of sp³-hybridized carbons (Fsp3) is 0.375. The number of rotatable bonds is 5. The number of carbonyl (C=O) groups is 2. The molecule has 1 aromatic rings. The smallest absolute Gasteiger partial charge is 0.332 e. The minimum Gasteiger partial charge on any atom is -0.399 e. The van der Waals surface area contributed by atoms with Crippen molar-refractivity contribution in [2.75, 3.05) is 12.8 Å². The normalized spacial score (nSPS) is 10.1. The number of hydroxylamine groups is 2. The highest BCUT2D eigenvalue weighted by molar-refractivity contribution is 5.98. The summed E-state index contributed by atoms with van der Waals surface area (Å²) in [4.78, 5) is 28.9. The molecule has 0 radical (unpaired) electrons. The third-order valence-electron chi connectivity index (χ3n) is 2.91. The Balaban J connectivity index is 0.00000441. The van der Waals surface area contributed by atoms with E-state index in [1.165, 1.54) is 7.05 Å². The van der Waals surface area contributed by atoms with E-state index in [9.17, 15) is 9.59 Å². The summed E-state index contributed by atoms with van der Waals surface area (Å²) >= 11 is 0. The second-order valence-corrected chi connectivity index (χ2v) is 4.72. The maximum Gasteiger partial charge on any atom is 0.332 e. The van der Waals surface area contributed by atoms with Crippen molar-refractivity contribution in [2.45, 2.75) is 33.1 Å². The average molecular weight is 327 g/mol. The van der Waals surface area contributed by atoms with Crippen molar-refractivity contribution in [3.63, 3.8) is 0 Å². The van der Waals surface area contributed by atoms with Gasteiger partial charge in [-0.1, -0.05) is 25.5 Å². The summed E-state index contributed by atoms with van der Waals surface area (Å²) in [6, 6.07) is 4.98. The molecule has 0 atom stereocenters. The zero-order chi connectivity index (χ0) is 15.8. The van der Waals surface area contributed by atoms with Crippen LogP contribution in [0.5, 0.6) is 0 Å². The van der Waals surface area contributed by atoms with Crippen LogP contribution in [0.15, 0.2) is 24.3 Å². The van der Waals surface area contributed by atoms with Crippen molar-refractivity contribution in [1.29, 1.82) is 0 Å². The van der Waals surface area contributed by atoms with Gasteiger partial charge in [-0.3, -0.25) is 4.79 Å². The molecule has 1 rings (SSSR count). The molecule has 1 aromatic carbocycles. The van der Waals surface area contributed by atoms with E-state index in [-0.39, 0.29) is 18.3 Å². The summed E-state index contributed by atoms with van der Waals surface area (Å²) in [6.45, 7) is 3.84. The first-order valence-corrected chi connectivity index (χ1v) is 7.00. The van der Waals surface area contributed by atoms with Crippen LogP contribution in [0.3, 0.4) is 0 Å². The molecular formula is C16H23ClN2O3. The molecule has 6 heteroatoms. The molecule has 0 unspecified atom stereocenters. The fourth-order valence-corrected chi connectivity index (χ4v) is 1.82. The lowest BCUT2D eigenvalue weighted by atomic mass is 10.1. The maximum atomic E-state index is 12.3. The van der Waals surface area contributed by atoms with Gasteiger partial charge in [0, 0.05) is 24.7 Å². The van der Waals surface area contributed by atoms with Crippen molar-refractivity contribution in [2.24, 2.45) is 0 Å². The Labute approximate surface area is 137 Å². The van der Waals surface area contributed by atoms with Crippen LogP contribution >= 0.6 is 12.4 Å². The van der Waals surface area contributed by atoms with Crippen LogP contribution in [0, 0.1) is 0 Å². The van der Waals surface area contributed by atoms with Gasteiger partial charge < -0.3 is 10.6 Å². The van der Waals surface area contributed by atoms with Crippen LogP contribution in [0.1, 0.15) is 49.0 Å². The molecule has 0 aliphatic rings. The predicted octanol–water partition coefficient (Wildman–Crippen LogP) is 3.44. The van der Waals surface area contributed by atoms with Gasteiger partial charge in [0.15, 0.2) is 0 Å². The zero-order valence-corrected chi connectivity index (χ0v) is 14.0. The van der Waals surface area contributed by atoms with Crippen LogP contribution < -0.4 is 5.73 Å². The highest BCUT2D eigenvalue weighted by Crippen LogP contribution is 2.17. The molecular weight excluding hydrogens is 304 g/mol. The number of carbonyl (C=O) groups excluding carboxylic acids is 2. The Hall–Kier alpha value is -2.01. The molecule has 22 heavy (non-hydrogen) atoms. The number of unbranched alkanes of at least 4 members (excludes halogenated alkanes) is 1. The molecule has 0 saturated heterocycles. The monoisotopic (exact) mass is 326 g/mol. The van der Waals surface area contributed by atoms with E-state index < -0.39 is 5.97 Å². The molecule has 0 aromatic heterocycles. The largest absolute Gasteiger partial charge is 0.399 e. The van der Waals surface area contributed by atoms with Gasteiger partial charge in [-0.2, -0.15) is 5.06 Å². The van der Waals surface area contributed by atoms with E-state index in [1.54, 1.807) is 24.3 Å². The number of nitrogens with zero attached hydrogens (tertiary/aromatic N) is 1. The Morgan fingerprint density at radius 1 is 1.36 bits per heavy atom. The number of nitrogen functional groups attached to an aromatic ring is 1. The van der Waals surface area contributed by atoms with E-state index in [0.717, 1.165) is 17.9 Å². The summed E-state index contributed by atoms with van der Waals surface area (Å²) in [7, 11) is 1.43. The number of nitrogens with two attached hydrogens (primary N) is 1. The minimum atomic E-state index is -0.407. The van der Waals surface area contributed by atoms with Gasteiger partial charge in [0.1, 0.15) is 0 Å². The van der Waals surface area contributed by atoms with E-state index in [0.29, 0.717) is 23.2 Å². The second kappa shape index (κ2) is 9.84. The molecule has 0 aliphatic heterocycles. The molecule has 0 bridgehead atoms. The van der Waals surface area contributed by atoms with Crippen LogP contribution in [0.2, 0.25) is 0 Å². The van der Waals surface area contributed by atoms with Crippen molar-refractivity contribution < 1.29 is 14.4 Å². The molecule has 0 heterocycles. The van der Waals surface area contributed by atoms with Gasteiger partial charge in [-0.05, 0) is 37.1 Å². The number of benzene rings is 1. The first kappa shape index (κ1) is 20.0. The van der Waals surface area contributed by atoms with Gasteiger partial charge in [0.25, 0.3) is 5.91 Å². The molecule has 0 saturated carbocycles. The third-order valence-corrected chi connectivity index (χ3v) is 2.91. The van der Waals surface area contributed by atoms with Crippen LogP contribution in [-0.2, 0) is 9.63 Å². The van der Waals surface area contributed by atoms with Gasteiger partial charge >= 0.3 is 5.97 Å². The van der Waals surface area contributed by atoms with E-state index in [1.807, 2.05) is 19.9 Å². The highest BCUT2D eigenvalue weighted by Gasteiger charge is 2.18. The zero-order valence-electron chi connectivity index (χ0n) is 13.2. The summed E-state index contributed by atoms with van der Waals surface area (Å²) in [5, 5.41) is 0.969. The molecule has 0 fully saturated rings. The maximum absolute atomic E-state index is 12.3. The second-order valence-electron chi connectivity index (χ2n) is 4.72. The summed E-state index contributed by atoms with van der Waals surface area (Å²) in [5.41, 5.74) is 7.43. The van der Waals surface area contributed by atoms with Gasteiger partial charge in [-0.25, -0.2) is 4.79 Å². The minimum absolute atomic E-state index is 0. The van der Waals surface area contributed by atoms with Gasteiger partial charge in [0.05, 0.1) is 0 Å². The molecule has 0 aliphatic carbocycles. The topological polar surface area (TPSA) is 72.6 Å².